The Morgan fingerprint density at radius 1 is 0.894 bits per heavy atom. The third-order valence-corrected chi connectivity index (χ3v) is 8.51. The molecule has 1 unspecified atom stereocenters. The molecule has 1 fully saturated rings. The lowest BCUT2D eigenvalue weighted by molar-refractivity contribution is -0.118. The van der Waals surface area contributed by atoms with Gasteiger partial charge in [-0.1, -0.05) is 109 Å². The number of morpholine rings is 1. The van der Waals surface area contributed by atoms with Gasteiger partial charge in [-0.3, -0.25) is 4.79 Å². The Kier molecular flexibility index (Phi) is 10.4. The van der Waals surface area contributed by atoms with Gasteiger partial charge in [0.25, 0.3) is 0 Å². The summed E-state index contributed by atoms with van der Waals surface area (Å²) >= 11 is 0. The molecule has 47 heavy (non-hydrogen) atoms. The van der Waals surface area contributed by atoms with Gasteiger partial charge in [0.1, 0.15) is 11.9 Å². The van der Waals surface area contributed by atoms with Crippen molar-refractivity contribution in [2.75, 3.05) is 25.6 Å². The summed E-state index contributed by atoms with van der Waals surface area (Å²) in [4.78, 5) is 34.6. The van der Waals surface area contributed by atoms with E-state index in [0.29, 0.717) is 25.3 Å². The minimum atomic E-state index is -0.937. The summed E-state index contributed by atoms with van der Waals surface area (Å²) in [6, 6.07) is 36.3. The van der Waals surface area contributed by atoms with E-state index in [-0.39, 0.29) is 18.1 Å². The Hall–Kier alpha value is -5.25. The molecule has 3 atom stereocenters. The number of carbonyl (C=O) groups is 2. The number of benzene rings is 4. The number of carbonyl (C=O) groups excluding carboxylic acids is 2. The molecular formula is C38H39N5O4. The zero-order valence-electron chi connectivity index (χ0n) is 26.3. The van der Waals surface area contributed by atoms with Crippen LogP contribution in [0.2, 0.25) is 0 Å². The number of hydrogen-bond acceptors (Lipinski definition) is 6. The summed E-state index contributed by atoms with van der Waals surface area (Å²) in [6.45, 7) is 1.22. The van der Waals surface area contributed by atoms with Crippen molar-refractivity contribution in [3.63, 3.8) is 0 Å². The van der Waals surface area contributed by atoms with Gasteiger partial charge in [-0.2, -0.15) is 0 Å². The predicted molar refractivity (Wildman–Crippen MR) is 182 cm³/mol. The number of ether oxygens (including phenoxy) is 2. The van der Waals surface area contributed by atoms with Crippen LogP contribution < -0.4 is 16.0 Å². The number of imidazole rings is 1. The second-order valence-corrected chi connectivity index (χ2v) is 11.6. The number of aryl methyl sites for hydroxylation is 1. The second kappa shape index (κ2) is 15.4. The lowest BCUT2D eigenvalue weighted by Gasteiger charge is -2.30. The van der Waals surface area contributed by atoms with Crippen LogP contribution in [0.25, 0.3) is 11.4 Å². The van der Waals surface area contributed by atoms with E-state index in [0.717, 1.165) is 40.2 Å². The molecule has 2 amide bonds. The molecule has 0 radical (unpaired) electrons. The van der Waals surface area contributed by atoms with Crippen molar-refractivity contribution in [3.8, 4) is 11.4 Å². The van der Waals surface area contributed by atoms with Crippen molar-refractivity contribution < 1.29 is 19.1 Å². The molecule has 1 aliphatic heterocycles. The van der Waals surface area contributed by atoms with Crippen molar-refractivity contribution in [2.24, 2.45) is 0 Å². The van der Waals surface area contributed by atoms with E-state index < -0.39 is 18.1 Å². The van der Waals surface area contributed by atoms with Crippen molar-refractivity contribution >= 4 is 17.7 Å². The topological polar surface area (TPSA) is 117 Å². The van der Waals surface area contributed by atoms with Crippen LogP contribution in [-0.2, 0) is 20.7 Å². The van der Waals surface area contributed by atoms with Gasteiger partial charge in [0.2, 0.25) is 5.91 Å². The first kappa shape index (κ1) is 31.7. The van der Waals surface area contributed by atoms with E-state index in [4.69, 9.17) is 9.47 Å². The molecule has 1 aromatic heterocycles. The monoisotopic (exact) mass is 629 g/mol. The van der Waals surface area contributed by atoms with Crippen LogP contribution in [0.3, 0.4) is 0 Å². The highest BCUT2D eigenvalue weighted by Crippen LogP contribution is 2.30. The van der Waals surface area contributed by atoms with Gasteiger partial charge in [-0.15, -0.1) is 0 Å². The first-order chi connectivity index (χ1) is 23.1. The summed E-state index contributed by atoms with van der Waals surface area (Å²) < 4.78 is 11.2. The number of alkyl carbamates (subject to hydrolysis) is 1. The molecule has 240 valence electrons. The molecule has 9 heteroatoms. The highest BCUT2D eigenvalue weighted by molar-refractivity contribution is 5.98. The van der Waals surface area contributed by atoms with Crippen LogP contribution in [0.4, 0.5) is 10.5 Å². The van der Waals surface area contributed by atoms with E-state index >= 15 is 0 Å². The minimum Gasteiger partial charge on any atom is -0.453 e. The molecule has 0 aliphatic carbocycles. The Labute approximate surface area is 274 Å². The van der Waals surface area contributed by atoms with Crippen LogP contribution in [0, 0.1) is 0 Å². The number of para-hydroxylation sites is 1. The van der Waals surface area contributed by atoms with E-state index in [9.17, 15) is 9.59 Å². The maximum atomic E-state index is 14.0. The summed E-state index contributed by atoms with van der Waals surface area (Å²) in [7, 11) is 1.29. The molecule has 9 nitrogen and oxygen atoms in total. The number of nitrogens with one attached hydrogen (secondary N) is 4. The number of amides is 2. The van der Waals surface area contributed by atoms with Crippen LogP contribution in [0.15, 0.2) is 121 Å². The Balaban J connectivity index is 1.12. The van der Waals surface area contributed by atoms with Crippen LogP contribution >= 0.6 is 0 Å². The van der Waals surface area contributed by atoms with Crippen molar-refractivity contribution in [1.29, 1.82) is 0 Å². The average Bonchev–Trinajstić information content (AvgIpc) is 3.63. The molecule has 5 aromatic rings. The fourth-order valence-corrected chi connectivity index (χ4v) is 6.04. The lowest BCUT2D eigenvalue weighted by atomic mass is 9.84. The standard InChI is InChI=1S/C38H39N5O4/c1-46-38(45)43-35(34(27-14-5-2-6-15-27)28-16-7-3-8-17-28)37(44)42-31-20-12-11-13-26(31)21-22-30-23-39-33(25-47-30)32-24-40-36(41-32)29-18-9-4-10-19-29/h2-20,24,30,33-35,39H,21-23,25H2,1H3,(H,40,41)(H,42,44)(H,43,45)/t30-,33+,35?/m1/s1. The molecule has 2 heterocycles. The summed E-state index contributed by atoms with van der Waals surface area (Å²) in [5, 5.41) is 9.52. The minimum absolute atomic E-state index is 0.0146. The number of methoxy groups -OCH3 is 1. The largest absolute Gasteiger partial charge is 0.453 e. The number of nitrogens with zero attached hydrogens (tertiary/aromatic N) is 1. The molecule has 4 aromatic carbocycles. The predicted octanol–water partition coefficient (Wildman–Crippen LogP) is 6.23. The maximum absolute atomic E-state index is 14.0. The van der Waals surface area contributed by atoms with Crippen molar-refractivity contribution in [3.05, 3.63) is 144 Å². The van der Waals surface area contributed by atoms with E-state index in [2.05, 4.69) is 25.9 Å². The summed E-state index contributed by atoms with van der Waals surface area (Å²) in [5.41, 5.74) is 5.52. The van der Waals surface area contributed by atoms with Gasteiger partial charge in [0.15, 0.2) is 0 Å². The Bertz CT molecular complexity index is 1700. The Morgan fingerprint density at radius 3 is 2.17 bits per heavy atom. The van der Waals surface area contributed by atoms with E-state index in [1.54, 1.807) is 0 Å². The molecule has 0 spiro atoms. The zero-order chi connectivity index (χ0) is 32.4. The van der Waals surface area contributed by atoms with Gasteiger partial charge in [0, 0.05) is 23.7 Å². The molecular weight excluding hydrogens is 590 g/mol. The highest BCUT2D eigenvalue weighted by Gasteiger charge is 2.33. The summed E-state index contributed by atoms with van der Waals surface area (Å²) in [6.07, 6.45) is 2.67. The second-order valence-electron chi connectivity index (χ2n) is 11.6. The van der Waals surface area contributed by atoms with Crippen LogP contribution in [0.5, 0.6) is 0 Å². The van der Waals surface area contributed by atoms with Crippen LogP contribution in [-0.4, -0.2) is 54.4 Å². The molecule has 0 saturated carbocycles. The van der Waals surface area contributed by atoms with Crippen LogP contribution in [0.1, 0.15) is 40.8 Å². The normalized spacial score (nSPS) is 16.7. The number of H-pyrrole nitrogens is 1. The highest BCUT2D eigenvalue weighted by atomic mass is 16.5. The third kappa shape index (κ3) is 7.95. The summed E-state index contributed by atoms with van der Waals surface area (Å²) in [5.74, 6) is 0.0523. The van der Waals surface area contributed by atoms with Gasteiger partial charge < -0.3 is 30.4 Å². The van der Waals surface area contributed by atoms with Crippen molar-refractivity contribution in [1.82, 2.24) is 20.6 Å². The maximum Gasteiger partial charge on any atom is 0.407 e. The number of aromatic nitrogens is 2. The van der Waals surface area contributed by atoms with Gasteiger partial charge in [-0.25, -0.2) is 9.78 Å². The third-order valence-electron chi connectivity index (χ3n) is 8.51. The molecule has 1 aliphatic rings. The fourth-order valence-electron chi connectivity index (χ4n) is 6.04. The number of aromatic amines is 1. The molecule has 0 bridgehead atoms. The first-order valence-corrected chi connectivity index (χ1v) is 15.9. The first-order valence-electron chi connectivity index (χ1n) is 15.9. The average molecular weight is 630 g/mol. The van der Waals surface area contributed by atoms with E-state index in [1.165, 1.54) is 7.11 Å². The zero-order valence-corrected chi connectivity index (χ0v) is 26.3. The molecule has 4 N–H and O–H groups in total. The SMILES string of the molecule is COC(=O)NC(C(=O)Nc1ccccc1CC[C@@H]1CN[C@H](c2cnc(-c3ccccc3)[nH]2)CO1)C(c1ccccc1)c1ccccc1. The molecule has 6 rings (SSSR count). The smallest absolute Gasteiger partial charge is 0.407 e. The number of hydrogen-bond donors (Lipinski definition) is 4. The van der Waals surface area contributed by atoms with Gasteiger partial charge >= 0.3 is 6.09 Å². The fraction of sp³-hybridized carbons (Fsp3) is 0.237. The Morgan fingerprint density at radius 2 is 1.53 bits per heavy atom. The van der Waals surface area contributed by atoms with Gasteiger partial charge in [0.05, 0.1) is 37.8 Å². The number of anilines is 1. The quantitative estimate of drug-likeness (QED) is 0.138. The lowest BCUT2D eigenvalue weighted by Crippen LogP contribution is -2.48. The van der Waals surface area contributed by atoms with E-state index in [1.807, 2.05) is 121 Å². The molecule has 1 saturated heterocycles. The number of rotatable bonds is 11. The van der Waals surface area contributed by atoms with Crippen molar-refractivity contribution in [2.45, 2.75) is 36.9 Å². The van der Waals surface area contributed by atoms with Gasteiger partial charge in [-0.05, 0) is 35.6 Å².